The number of hydrogen-bond acceptors (Lipinski definition) is 1. The van der Waals surface area contributed by atoms with Gasteiger partial charge in [-0.15, -0.1) is 0 Å². The smallest absolute Gasteiger partial charge is 0.121 e. The first-order chi connectivity index (χ1) is 7.18. The van der Waals surface area contributed by atoms with Gasteiger partial charge in [0.1, 0.15) is 5.75 Å². The van der Waals surface area contributed by atoms with Crippen LogP contribution in [0.2, 0.25) is 0 Å². The summed E-state index contributed by atoms with van der Waals surface area (Å²) in [4.78, 5) is 0. The highest BCUT2D eigenvalue weighted by molar-refractivity contribution is 5.76. The molecule has 0 amide bonds. The van der Waals surface area contributed by atoms with E-state index in [0.29, 0.717) is 5.75 Å². The molecular weight excluding hydrogens is 184 g/mol. The summed E-state index contributed by atoms with van der Waals surface area (Å²) in [5.74, 6) is 0.416. The summed E-state index contributed by atoms with van der Waals surface area (Å²) >= 11 is 0. The van der Waals surface area contributed by atoms with Crippen LogP contribution >= 0.6 is 0 Å². The first-order valence-electron chi connectivity index (χ1n) is 5.36. The van der Waals surface area contributed by atoms with E-state index < -0.39 is 0 Å². The Balaban J connectivity index is 2.45. The minimum absolute atomic E-state index is 0.416. The highest BCUT2D eigenvalue weighted by Gasteiger charge is 2.06. The summed E-state index contributed by atoms with van der Waals surface area (Å²) in [5.41, 5.74) is 4.38. The second-order valence-corrected chi connectivity index (χ2v) is 4.10. The van der Waals surface area contributed by atoms with Crippen LogP contribution in [0.5, 0.6) is 5.75 Å². The van der Waals surface area contributed by atoms with Crippen molar-refractivity contribution in [1.29, 1.82) is 0 Å². The van der Waals surface area contributed by atoms with E-state index in [9.17, 15) is 5.11 Å². The fourth-order valence-electron chi connectivity index (χ4n) is 1.95. The van der Waals surface area contributed by atoms with E-state index in [0.717, 1.165) is 24.0 Å². The molecule has 15 heavy (non-hydrogen) atoms. The molecule has 0 aromatic heterocycles. The molecule has 1 nitrogen and oxygen atoms in total. The minimum atomic E-state index is 0.416. The van der Waals surface area contributed by atoms with Crippen LogP contribution in [0.25, 0.3) is 5.57 Å². The van der Waals surface area contributed by atoms with Crippen molar-refractivity contribution < 1.29 is 5.11 Å². The zero-order chi connectivity index (χ0) is 10.8. The van der Waals surface area contributed by atoms with Crippen LogP contribution in [-0.2, 0) is 0 Å². The van der Waals surface area contributed by atoms with Gasteiger partial charge < -0.3 is 5.11 Å². The second kappa shape index (κ2) is 3.93. The molecule has 1 aliphatic rings. The van der Waals surface area contributed by atoms with Crippen LogP contribution in [0.15, 0.2) is 30.4 Å². The Hall–Kier alpha value is -1.50. The van der Waals surface area contributed by atoms with Gasteiger partial charge in [-0.2, -0.15) is 0 Å². The van der Waals surface area contributed by atoms with Crippen molar-refractivity contribution in [2.75, 3.05) is 0 Å². The molecule has 1 N–H and O–H groups in total. The molecule has 0 aliphatic heterocycles. The molecule has 1 aromatic rings. The minimum Gasteiger partial charge on any atom is -0.507 e. The summed E-state index contributed by atoms with van der Waals surface area (Å²) < 4.78 is 0. The van der Waals surface area contributed by atoms with Crippen LogP contribution in [-0.4, -0.2) is 5.11 Å². The fourth-order valence-corrected chi connectivity index (χ4v) is 1.95. The average Bonchev–Trinajstić information content (AvgIpc) is 2.26. The average molecular weight is 200 g/mol. The van der Waals surface area contributed by atoms with Gasteiger partial charge >= 0.3 is 0 Å². The van der Waals surface area contributed by atoms with E-state index in [-0.39, 0.29) is 0 Å². The fraction of sp³-hybridized carbons (Fsp3) is 0.286. The normalized spacial score (nSPS) is 15.2. The molecule has 1 aliphatic carbocycles. The van der Waals surface area contributed by atoms with Gasteiger partial charge in [-0.3, -0.25) is 0 Å². The molecule has 2 rings (SSSR count). The Morgan fingerprint density at radius 3 is 2.27 bits per heavy atom. The van der Waals surface area contributed by atoms with Crippen molar-refractivity contribution >= 4 is 5.57 Å². The van der Waals surface area contributed by atoms with Gasteiger partial charge in [0, 0.05) is 0 Å². The second-order valence-electron chi connectivity index (χ2n) is 4.10. The standard InChI is InChI=1S/C14H16O/c1-10-8-13(9-11(2)14(10)15)12-6-4-3-5-7-12/h4,6-9,15H,3,5H2,1-2H3. The molecule has 0 radical (unpaired) electrons. The Labute approximate surface area is 90.8 Å². The maximum Gasteiger partial charge on any atom is 0.121 e. The molecule has 1 aromatic carbocycles. The molecule has 0 fully saturated rings. The third-order valence-corrected chi connectivity index (χ3v) is 2.82. The molecular formula is C14H16O. The van der Waals surface area contributed by atoms with Crippen LogP contribution < -0.4 is 0 Å². The molecule has 0 bridgehead atoms. The molecule has 0 spiro atoms. The van der Waals surface area contributed by atoms with Crippen molar-refractivity contribution in [3.8, 4) is 5.75 Å². The predicted octanol–water partition coefficient (Wildman–Crippen LogP) is 3.74. The monoisotopic (exact) mass is 200 g/mol. The Kier molecular flexibility index (Phi) is 2.63. The molecule has 0 atom stereocenters. The highest BCUT2D eigenvalue weighted by Crippen LogP contribution is 2.28. The van der Waals surface area contributed by atoms with E-state index in [4.69, 9.17) is 0 Å². The van der Waals surface area contributed by atoms with Gasteiger partial charge in [0.2, 0.25) is 0 Å². The number of benzene rings is 1. The van der Waals surface area contributed by atoms with Crippen LogP contribution in [0.3, 0.4) is 0 Å². The van der Waals surface area contributed by atoms with Gasteiger partial charge in [0.15, 0.2) is 0 Å². The van der Waals surface area contributed by atoms with E-state index >= 15 is 0 Å². The number of hydrogen-bond donors (Lipinski definition) is 1. The van der Waals surface area contributed by atoms with E-state index in [1.165, 1.54) is 11.1 Å². The summed E-state index contributed by atoms with van der Waals surface area (Å²) in [6, 6.07) is 4.09. The van der Waals surface area contributed by atoms with Crippen molar-refractivity contribution in [3.05, 3.63) is 47.1 Å². The topological polar surface area (TPSA) is 20.2 Å². The number of rotatable bonds is 1. The lowest BCUT2D eigenvalue weighted by atomic mass is 9.96. The van der Waals surface area contributed by atoms with Crippen molar-refractivity contribution in [3.63, 3.8) is 0 Å². The number of allylic oxidation sites excluding steroid dienone is 4. The summed E-state index contributed by atoms with van der Waals surface area (Å²) in [5, 5.41) is 9.69. The molecule has 0 heterocycles. The lowest BCUT2D eigenvalue weighted by Crippen LogP contribution is -1.89. The third kappa shape index (κ3) is 1.96. The quantitative estimate of drug-likeness (QED) is 0.732. The van der Waals surface area contributed by atoms with Gasteiger partial charge in [0.25, 0.3) is 0 Å². The first-order valence-corrected chi connectivity index (χ1v) is 5.36. The van der Waals surface area contributed by atoms with Crippen molar-refractivity contribution in [1.82, 2.24) is 0 Å². The summed E-state index contributed by atoms with van der Waals surface area (Å²) in [7, 11) is 0. The van der Waals surface area contributed by atoms with Gasteiger partial charge in [0.05, 0.1) is 0 Å². The number of aryl methyl sites for hydroxylation is 2. The lowest BCUT2D eigenvalue weighted by molar-refractivity contribution is 0.467. The van der Waals surface area contributed by atoms with Gasteiger partial charge in [-0.05, 0) is 61.1 Å². The van der Waals surface area contributed by atoms with Crippen LogP contribution in [0.1, 0.15) is 29.5 Å². The summed E-state index contributed by atoms with van der Waals surface area (Å²) in [6.45, 7) is 3.89. The van der Waals surface area contributed by atoms with E-state index in [1.54, 1.807) is 0 Å². The largest absolute Gasteiger partial charge is 0.507 e. The van der Waals surface area contributed by atoms with Gasteiger partial charge in [-0.1, -0.05) is 18.2 Å². The van der Waals surface area contributed by atoms with Crippen LogP contribution in [0.4, 0.5) is 0 Å². The highest BCUT2D eigenvalue weighted by atomic mass is 16.3. The summed E-state index contributed by atoms with van der Waals surface area (Å²) in [6.07, 6.45) is 8.87. The molecule has 0 saturated carbocycles. The lowest BCUT2D eigenvalue weighted by Gasteiger charge is -2.11. The SMILES string of the molecule is Cc1cc(C2=CCCC=C2)cc(C)c1O. The number of aromatic hydroxyl groups is 1. The molecule has 78 valence electrons. The molecule has 0 unspecified atom stereocenters. The Morgan fingerprint density at radius 1 is 1.07 bits per heavy atom. The van der Waals surface area contributed by atoms with Gasteiger partial charge in [-0.25, -0.2) is 0 Å². The maximum atomic E-state index is 9.69. The van der Waals surface area contributed by atoms with Crippen molar-refractivity contribution in [2.45, 2.75) is 26.7 Å². The van der Waals surface area contributed by atoms with Crippen LogP contribution in [0, 0.1) is 13.8 Å². The maximum absolute atomic E-state index is 9.69. The number of phenols is 1. The molecule has 0 saturated heterocycles. The Bertz CT molecular complexity index is 416. The van der Waals surface area contributed by atoms with E-state index in [2.05, 4.69) is 18.2 Å². The number of phenolic OH excluding ortho intramolecular Hbond substituents is 1. The molecule has 1 heteroatoms. The zero-order valence-electron chi connectivity index (χ0n) is 9.25. The first kappa shape index (κ1) is 10.0. The van der Waals surface area contributed by atoms with E-state index in [1.807, 2.05) is 26.0 Å². The zero-order valence-corrected chi connectivity index (χ0v) is 9.25. The third-order valence-electron chi connectivity index (χ3n) is 2.82. The predicted molar refractivity (Wildman–Crippen MR) is 63.9 cm³/mol. The Morgan fingerprint density at radius 2 is 1.73 bits per heavy atom. The van der Waals surface area contributed by atoms with Crippen molar-refractivity contribution in [2.24, 2.45) is 0 Å².